The van der Waals surface area contributed by atoms with Gasteiger partial charge < -0.3 is 10.1 Å². The second-order valence-electron chi connectivity index (χ2n) is 3.26. The van der Waals surface area contributed by atoms with Gasteiger partial charge in [0.1, 0.15) is 11.5 Å². The molecule has 2 heterocycles. The molecule has 2 N–H and O–H groups in total. The van der Waals surface area contributed by atoms with E-state index in [1.807, 2.05) is 11.3 Å². The zero-order valence-corrected chi connectivity index (χ0v) is 8.00. The quantitative estimate of drug-likeness (QED) is 0.780. The van der Waals surface area contributed by atoms with Crippen molar-refractivity contribution in [2.45, 2.75) is 13.3 Å². The van der Waals surface area contributed by atoms with Crippen molar-refractivity contribution in [2.75, 3.05) is 6.54 Å². The van der Waals surface area contributed by atoms with Crippen molar-refractivity contribution in [1.82, 2.24) is 9.38 Å². The van der Waals surface area contributed by atoms with Crippen LogP contribution < -0.4 is 5.73 Å². The number of hydrogen-bond donors (Lipinski definition) is 1. The van der Waals surface area contributed by atoms with E-state index in [-0.39, 0.29) is 5.82 Å². The van der Waals surface area contributed by atoms with Crippen LogP contribution in [0.1, 0.15) is 11.4 Å². The predicted octanol–water partition coefficient (Wildman–Crippen LogP) is 1.28. The van der Waals surface area contributed by atoms with E-state index in [2.05, 4.69) is 4.98 Å². The van der Waals surface area contributed by atoms with Crippen molar-refractivity contribution in [3.05, 3.63) is 35.5 Å². The van der Waals surface area contributed by atoms with E-state index in [0.717, 1.165) is 17.8 Å². The third-order valence-electron chi connectivity index (χ3n) is 2.31. The lowest BCUT2D eigenvalue weighted by Gasteiger charge is -1.96. The Morgan fingerprint density at radius 2 is 2.36 bits per heavy atom. The summed E-state index contributed by atoms with van der Waals surface area (Å²) in [6, 6.07) is 2.85. The van der Waals surface area contributed by atoms with Crippen LogP contribution in [0.3, 0.4) is 0 Å². The number of hydrogen-bond acceptors (Lipinski definition) is 2. The maximum Gasteiger partial charge on any atom is 0.140 e. The summed E-state index contributed by atoms with van der Waals surface area (Å²) in [5, 5.41) is 0. The first-order valence-corrected chi connectivity index (χ1v) is 4.55. The van der Waals surface area contributed by atoms with Gasteiger partial charge in [-0.1, -0.05) is 0 Å². The number of fused-ring (bicyclic) bond motifs is 1. The first-order valence-electron chi connectivity index (χ1n) is 4.55. The molecule has 0 amide bonds. The minimum atomic E-state index is -0.262. The van der Waals surface area contributed by atoms with E-state index in [1.54, 1.807) is 6.20 Å². The Hall–Kier alpha value is -1.42. The van der Waals surface area contributed by atoms with Crippen LogP contribution >= 0.6 is 0 Å². The summed E-state index contributed by atoms with van der Waals surface area (Å²) in [4.78, 5) is 4.31. The summed E-state index contributed by atoms with van der Waals surface area (Å²) < 4.78 is 14.8. The lowest BCUT2D eigenvalue weighted by atomic mass is 10.2. The SMILES string of the molecule is Cc1c(CCN)nc2cc(F)ccn12. The number of nitrogens with zero attached hydrogens (tertiary/aromatic N) is 2. The molecule has 14 heavy (non-hydrogen) atoms. The summed E-state index contributed by atoms with van der Waals surface area (Å²) in [7, 11) is 0. The third-order valence-corrected chi connectivity index (χ3v) is 2.31. The highest BCUT2D eigenvalue weighted by atomic mass is 19.1. The second kappa shape index (κ2) is 3.38. The fourth-order valence-electron chi connectivity index (χ4n) is 1.56. The summed E-state index contributed by atoms with van der Waals surface area (Å²) in [5.41, 5.74) is 8.08. The molecule has 4 heteroatoms. The summed E-state index contributed by atoms with van der Waals surface area (Å²) in [6.45, 7) is 2.52. The number of halogens is 1. The van der Waals surface area contributed by atoms with Crippen LogP contribution in [-0.4, -0.2) is 15.9 Å². The Labute approximate surface area is 81.4 Å². The first-order chi connectivity index (χ1) is 6.72. The molecule has 0 aliphatic heterocycles. The summed E-state index contributed by atoms with van der Waals surface area (Å²) in [5.74, 6) is -0.262. The molecule has 2 aromatic rings. The molecule has 2 rings (SSSR count). The average Bonchev–Trinajstić information content (AvgIpc) is 2.44. The van der Waals surface area contributed by atoms with Crippen LogP contribution in [0, 0.1) is 12.7 Å². The molecule has 0 saturated heterocycles. The molecule has 0 bridgehead atoms. The number of nitrogens with two attached hydrogens (primary N) is 1. The molecule has 2 aromatic heterocycles. The van der Waals surface area contributed by atoms with Crippen molar-refractivity contribution in [2.24, 2.45) is 5.73 Å². The smallest absolute Gasteiger partial charge is 0.140 e. The highest BCUT2D eigenvalue weighted by Gasteiger charge is 2.07. The van der Waals surface area contributed by atoms with Crippen LogP contribution in [0.5, 0.6) is 0 Å². The number of imidazole rings is 1. The van der Waals surface area contributed by atoms with Gasteiger partial charge in [0.15, 0.2) is 0 Å². The zero-order chi connectivity index (χ0) is 10.1. The topological polar surface area (TPSA) is 43.3 Å². The lowest BCUT2D eigenvalue weighted by Crippen LogP contribution is -2.04. The van der Waals surface area contributed by atoms with Gasteiger partial charge in [-0.25, -0.2) is 9.37 Å². The molecule has 0 aromatic carbocycles. The van der Waals surface area contributed by atoms with E-state index in [1.165, 1.54) is 12.1 Å². The molecule has 0 spiro atoms. The van der Waals surface area contributed by atoms with Gasteiger partial charge in [-0.2, -0.15) is 0 Å². The van der Waals surface area contributed by atoms with Gasteiger partial charge in [-0.05, 0) is 19.5 Å². The van der Waals surface area contributed by atoms with Crippen LogP contribution in [0.15, 0.2) is 18.3 Å². The lowest BCUT2D eigenvalue weighted by molar-refractivity contribution is 0.626. The van der Waals surface area contributed by atoms with Crippen LogP contribution in [0.4, 0.5) is 4.39 Å². The second-order valence-corrected chi connectivity index (χ2v) is 3.26. The number of rotatable bonds is 2. The molecule has 3 nitrogen and oxygen atoms in total. The fraction of sp³-hybridized carbons (Fsp3) is 0.300. The molecule has 0 saturated carbocycles. The van der Waals surface area contributed by atoms with Gasteiger partial charge in [0, 0.05) is 24.4 Å². The molecular weight excluding hydrogens is 181 g/mol. The highest BCUT2D eigenvalue weighted by Crippen LogP contribution is 2.12. The monoisotopic (exact) mass is 193 g/mol. The molecular formula is C10H12FN3. The Balaban J connectivity index is 2.61. The molecule has 0 atom stereocenters. The van der Waals surface area contributed by atoms with Crippen molar-refractivity contribution in [1.29, 1.82) is 0 Å². The fourth-order valence-corrected chi connectivity index (χ4v) is 1.56. The van der Waals surface area contributed by atoms with Gasteiger partial charge in [-0.15, -0.1) is 0 Å². The van der Waals surface area contributed by atoms with Crippen LogP contribution in [-0.2, 0) is 6.42 Å². The summed E-state index contributed by atoms with van der Waals surface area (Å²) in [6.07, 6.45) is 2.42. The number of aromatic nitrogens is 2. The number of pyridine rings is 1. The molecule has 0 unspecified atom stereocenters. The van der Waals surface area contributed by atoms with E-state index in [4.69, 9.17) is 5.73 Å². The van der Waals surface area contributed by atoms with Gasteiger partial charge in [-0.3, -0.25) is 0 Å². The Morgan fingerprint density at radius 3 is 3.07 bits per heavy atom. The molecule has 0 aliphatic carbocycles. The summed E-state index contributed by atoms with van der Waals surface area (Å²) >= 11 is 0. The Morgan fingerprint density at radius 1 is 1.57 bits per heavy atom. The Bertz CT molecular complexity index is 462. The maximum absolute atomic E-state index is 12.9. The minimum absolute atomic E-state index is 0.262. The van der Waals surface area contributed by atoms with E-state index in [9.17, 15) is 4.39 Å². The van der Waals surface area contributed by atoms with Gasteiger partial charge in [0.2, 0.25) is 0 Å². The minimum Gasteiger partial charge on any atom is -0.330 e. The molecule has 0 aliphatic rings. The van der Waals surface area contributed by atoms with Crippen LogP contribution in [0.2, 0.25) is 0 Å². The molecule has 74 valence electrons. The largest absolute Gasteiger partial charge is 0.330 e. The van der Waals surface area contributed by atoms with E-state index in [0.29, 0.717) is 12.2 Å². The van der Waals surface area contributed by atoms with Crippen molar-refractivity contribution in [3.63, 3.8) is 0 Å². The number of aryl methyl sites for hydroxylation is 1. The van der Waals surface area contributed by atoms with Crippen molar-refractivity contribution < 1.29 is 4.39 Å². The van der Waals surface area contributed by atoms with Gasteiger partial charge >= 0.3 is 0 Å². The predicted molar refractivity (Wildman–Crippen MR) is 52.6 cm³/mol. The van der Waals surface area contributed by atoms with Crippen molar-refractivity contribution >= 4 is 5.65 Å². The third kappa shape index (κ3) is 1.37. The first kappa shape index (κ1) is 9.15. The highest BCUT2D eigenvalue weighted by molar-refractivity contribution is 5.43. The normalized spacial score (nSPS) is 11.1. The Kier molecular flexibility index (Phi) is 2.21. The maximum atomic E-state index is 12.9. The zero-order valence-electron chi connectivity index (χ0n) is 8.00. The van der Waals surface area contributed by atoms with Crippen molar-refractivity contribution in [3.8, 4) is 0 Å². The van der Waals surface area contributed by atoms with E-state index < -0.39 is 0 Å². The molecule has 0 fully saturated rings. The average molecular weight is 193 g/mol. The van der Waals surface area contributed by atoms with E-state index >= 15 is 0 Å². The standard InChI is InChI=1S/C10H12FN3/c1-7-9(2-4-12)13-10-6-8(11)3-5-14(7)10/h3,5-6H,2,4,12H2,1H3. The van der Waals surface area contributed by atoms with Gasteiger partial charge in [0.25, 0.3) is 0 Å². The van der Waals surface area contributed by atoms with Gasteiger partial charge in [0.05, 0.1) is 5.69 Å². The van der Waals surface area contributed by atoms with Crippen LogP contribution in [0.25, 0.3) is 5.65 Å². The molecule has 0 radical (unpaired) electrons.